The summed E-state index contributed by atoms with van der Waals surface area (Å²) in [6.45, 7) is 5.92. The number of para-hydroxylation sites is 2. The fourth-order valence-corrected chi connectivity index (χ4v) is 2.78. The van der Waals surface area contributed by atoms with Gasteiger partial charge in [-0.25, -0.2) is 9.78 Å². The highest BCUT2D eigenvalue weighted by Gasteiger charge is 2.12. The topological polar surface area (TPSA) is 85.0 Å². The highest BCUT2D eigenvalue weighted by molar-refractivity contribution is 5.73. The van der Waals surface area contributed by atoms with E-state index in [0.717, 1.165) is 22.4 Å². The second kappa shape index (κ2) is 6.60. The van der Waals surface area contributed by atoms with Crippen LogP contribution >= 0.6 is 0 Å². The van der Waals surface area contributed by atoms with Gasteiger partial charge >= 0.3 is 5.76 Å². The number of hydrogen-bond acceptors (Lipinski definition) is 6. The van der Waals surface area contributed by atoms with Gasteiger partial charge in [0.05, 0.1) is 0 Å². The molecule has 0 atom stereocenters. The van der Waals surface area contributed by atoms with Crippen LogP contribution in [0.1, 0.15) is 16.7 Å². The monoisotopic (exact) mass is 361 g/mol. The minimum Gasteiger partial charge on any atom is -0.406 e. The maximum atomic E-state index is 12.2. The van der Waals surface area contributed by atoms with E-state index in [-0.39, 0.29) is 0 Å². The van der Waals surface area contributed by atoms with Crippen molar-refractivity contribution in [1.82, 2.24) is 14.6 Å². The molecule has 0 aliphatic carbocycles. The number of aryl methyl sites for hydroxylation is 3. The third-order valence-corrected chi connectivity index (χ3v) is 4.31. The van der Waals surface area contributed by atoms with E-state index in [1.54, 1.807) is 18.3 Å². The summed E-state index contributed by atoms with van der Waals surface area (Å²) in [6.07, 6.45) is 1.70. The van der Waals surface area contributed by atoms with Crippen molar-refractivity contribution >= 4 is 28.6 Å². The number of anilines is 3. The quantitative estimate of drug-likeness (QED) is 0.573. The Balaban J connectivity index is 1.69. The van der Waals surface area contributed by atoms with Crippen molar-refractivity contribution in [3.05, 3.63) is 75.9 Å². The van der Waals surface area contributed by atoms with Crippen LogP contribution in [0, 0.1) is 20.8 Å². The number of rotatable bonds is 4. The van der Waals surface area contributed by atoms with Crippen LogP contribution in [0.5, 0.6) is 0 Å². The second-order valence-electron chi connectivity index (χ2n) is 6.45. The lowest BCUT2D eigenvalue weighted by molar-refractivity contribution is 0.532. The third-order valence-electron chi connectivity index (χ3n) is 4.31. The molecule has 2 aromatic heterocycles. The first-order valence-corrected chi connectivity index (χ1v) is 8.57. The van der Waals surface area contributed by atoms with Gasteiger partial charge in [-0.3, -0.25) is 5.43 Å². The van der Waals surface area contributed by atoms with Crippen LogP contribution in [0.25, 0.3) is 11.1 Å². The molecule has 7 heteroatoms. The largest absolute Gasteiger partial charge is 0.439 e. The van der Waals surface area contributed by atoms with E-state index in [1.807, 2.05) is 45.0 Å². The zero-order valence-electron chi connectivity index (χ0n) is 15.3. The molecule has 0 aliphatic rings. The predicted molar refractivity (Wildman–Crippen MR) is 105 cm³/mol. The van der Waals surface area contributed by atoms with Gasteiger partial charge in [-0.05, 0) is 50.1 Å². The highest BCUT2D eigenvalue weighted by atomic mass is 16.4. The average molecular weight is 361 g/mol. The van der Waals surface area contributed by atoms with Crippen molar-refractivity contribution in [2.45, 2.75) is 20.8 Å². The first kappa shape index (κ1) is 16.8. The summed E-state index contributed by atoms with van der Waals surface area (Å²) >= 11 is 0. The highest BCUT2D eigenvalue weighted by Crippen LogP contribution is 2.22. The van der Waals surface area contributed by atoms with Gasteiger partial charge in [-0.1, -0.05) is 24.3 Å². The first-order chi connectivity index (χ1) is 13.0. The lowest BCUT2D eigenvalue weighted by atomic mass is 10.1. The van der Waals surface area contributed by atoms with Gasteiger partial charge in [0.25, 0.3) is 0 Å². The van der Waals surface area contributed by atoms with E-state index >= 15 is 0 Å². The van der Waals surface area contributed by atoms with Crippen LogP contribution in [0.4, 0.5) is 17.5 Å². The minimum atomic E-state index is -0.502. The van der Waals surface area contributed by atoms with Crippen LogP contribution in [0.15, 0.2) is 57.9 Å². The molecule has 136 valence electrons. The molecule has 27 heavy (non-hydrogen) atoms. The molecule has 0 saturated carbocycles. The van der Waals surface area contributed by atoms with Gasteiger partial charge in [-0.15, -0.1) is 0 Å². The molecule has 0 aliphatic heterocycles. The second-order valence-corrected chi connectivity index (χ2v) is 6.45. The molecule has 0 bridgehead atoms. The summed E-state index contributed by atoms with van der Waals surface area (Å²) in [4.78, 5) is 21.1. The summed E-state index contributed by atoms with van der Waals surface area (Å²) in [5.74, 6) is 0.461. The van der Waals surface area contributed by atoms with Crippen molar-refractivity contribution < 1.29 is 4.42 Å². The zero-order valence-corrected chi connectivity index (χ0v) is 15.3. The van der Waals surface area contributed by atoms with Gasteiger partial charge in [0.15, 0.2) is 11.4 Å². The minimum absolute atomic E-state index is 0.442. The van der Waals surface area contributed by atoms with E-state index in [1.165, 1.54) is 4.68 Å². The molecule has 2 aromatic carbocycles. The molecule has 0 amide bonds. The lowest BCUT2D eigenvalue weighted by Gasteiger charge is -2.12. The number of nitrogens with one attached hydrogen (secondary N) is 2. The third kappa shape index (κ3) is 3.27. The van der Waals surface area contributed by atoms with Crippen molar-refractivity contribution in [3.8, 4) is 0 Å². The molecule has 0 unspecified atom stereocenters. The smallest absolute Gasteiger partial charge is 0.406 e. The number of oxazole rings is 1. The summed E-state index contributed by atoms with van der Waals surface area (Å²) in [7, 11) is 0. The Morgan fingerprint density at radius 2 is 1.85 bits per heavy atom. The number of nitrogens with zero attached hydrogens (tertiary/aromatic N) is 3. The molecule has 7 nitrogen and oxygen atoms in total. The van der Waals surface area contributed by atoms with E-state index in [2.05, 4.69) is 26.8 Å². The maximum absolute atomic E-state index is 12.2. The summed E-state index contributed by atoms with van der Waals surface area (Å²) in [6, 6.07) is 13.4. The predicted octanol–water partition coefficient (Wildman–Crippen LogP) is 3.93. The SMILES string of the molecule is Cc1ccc(C)c(Nc2ncc(C)c(Nn3c(=O)oc4ccccc43)n2)c1. The van der Waals surface area contributed by atoms with Crippen molar-refractivity contribution in [1.29, 1.82) is 0 Å². The Hall–Kier alpha value is -3.61. The number of benzene rings is 2. The van der Waals surface area contributed by atoms with E-state index < -0.39 is 5.76 Å². The van der Waals surface area contributed by atoms with Crippen LogP contribution in [-0.2, 0) is 0 Å². The number of aromatic nitrogens is 3. The molecule has 4 rings (SSSR count). The average Bonchev–Trinajstić information content (AvgIpc) is 2.96. The molecule has 2 N–H and O–H groups in total. The van der Waals surface area contributed by atoms with Crippen LogP contribution in [-0.4, -0.2) is 14.6 Å². The Kier molecular flexibility index (Phi) is 4.12. The molecule has 4 aromatic rings. The number of fused-ring (bicyclic) bond motifs is 1. The molecular weight excluding hydrogens is 342 g/mol. The van der Waals surface area contributed by atoms with Gasteiger partial charge in [0.2, 0.25) is 5.95 Å². The van der Waals surface area contributed by atoms with Crippen molar-refractivity contribution in [2.75, 3.05) is 10.7 Å². The molecule has 0 fully saturated rings. The fourth-order valence-electron chi connectivity index (χ4n) is 2.78. The Morgan fingerprint density at radius 3 is 2.70 bits per heavy atom. The standard InChI is InChI=1S/C20H19N5O2/c1-12-8-9-13(2)15(10-12)22-19-21-11-14(3)18(23-19)24-25-16-6-4-5-7-17(16)27-20(25)26/h4-11H,1-3H3,(H2,21,22,23,24). The van der Waals surface area contributed by atoms with Gasteiger partial charge in [0.1, 0.15) is 5.52 Å². The zero-order chi connectivity index (χ0) is 19.0. The molecular formula is C20H19N5O2. The van der Waals surface area contributed by atoms with Gasteiger partial charge < -0.3 is 9.73 Å². The molecule has 2 heterocycles. The molecule has 0 saturated heterocycles. The first-order valence-electron chi connectivity index (χ1n) is 8.57. The molecule has 0 spiro atoms. The Labute approximate surface area is 155 Å². The van der Waals surface area contributed by atoms with E-state index in [4.69, 9.17) is 4.42 Å². The van der Waals surface area contributed by atoms with Gasteiger partial charge in [0, 0.05) is 17.4 Å². The Bertz CT molecular complexity index is 1190. The van der Waals surface area contributed by atoms with Crippen LogP contribution < -0.4 is 16.5 Å². The Morgan fingerprint density at radius 1 is 1.04 bits per heavy atom. The fraction of sp³-hybridized carbons (Fsp3) is 0.150. The van der Waals surface area contributed by atoms with Crippen LogP contribution in [0.2, 0.25) is 0 Å². The van der Waals surface area contributed by atoms with E-state index in [9.17, 15) is 4.79 Å². The van der Waals surface area contributed by atoms with Crippen molar-refractivity contribution in [3.63, 3.8) is 0 Å². The number of hydrogen-bond donors (Lipinski definition) is 2. The lowest BCUT2D eigenvalue weighted by Crippen LogP contribution is -2.23. The maximum Gasteiger partial charge on any atom is 0.439 e. The summed E-state index contributed by atoms with van der Waals surface area (Å²) < 4.78 is 6.59. The van der Waals surface area contributed by atoms with Crippen molar-refractivity contribution in [2.24, 2.45) is 0 Å². The molecule has 0 radical (unpaired) electrons. The van der Waals surface area contributed by atoms with Crippen LogP contribution in [0.3, 0.4) is 0 Å². The summed E-state index contributed by atoms with van der Waals surface area (Å²) in [5, 5.41) is 3.24. The van der Waals surface area contributed by atoms with E-state index in [0.29, 0.717) is 22.9 Å². The normalized spacial score (nSPS) is 10.9. The summed E-state index contributed by atoms with van der Waals surface area (Å²) in [5.41, 5.74) is 8.17. The van der Waals surface area contributed by atoms with Gasteiger partial charge in [-0.2, -0.15) is 9.66 Å².